The number of benzene rings is 2. The Hall–Kier alpha value is -4.10. The molecule has 2 saturated heterocycles. The van der Waals surface area contributed by atoms with Crippen LogP contribution < -0.4 is 15.5 Å². The molecule has 5 rings (SSSR count). The van der Waals surface area contributed by atoms with E-state index in [1.54, 1.807) is 25.4 Å². The van der Waals surface area contributed by atoms with Crippen LogP contribution in [-0.2, 0) is 25.6 Å². The van der Waals surface area contributed by atoms with E-state index in [0.29, 0.717) is 12.1 Å². The van der Waals surface area contributed by atoms with Crippen LogP contribution in [0.5, 0.6) is 0 Å². The number of nitrogens with zero attached hydrogens (tertiary/aromatic N) is 4. The van der Waals surface area contributed by atoms with Gasteiger partial charge >= 0.3 is 12.0 Å². The normalized spacial score (nSPS) is 20.8. The molecule has 3 N–H and O–H groups in total. The zero-order valence-corrected chi connectivity index (χ0v) is 24.2. The number of carbonyl (C=O) groups is 2. The fourth-order valence-corrected chi connectivity index (χ4v) is 5.21. The molecule has 43 heavy (non-hydrogen) atoms. The molecule has 228 valence electrons. The number of aliphatic hydroxyl groups excluding tert-OH is 1. The molecule has 2 amide bonds. The Labute approximate surface area is 251 Å². The number of hydrogen-bond acceptors (Lipinski definition) is 10. The number of ether oxygens (including phenoxy) is 3. The average Bonchev–Trinajstić information content (AvgIpc) is 3.05. The minimum absolute atomic E-state index is 0.0205. The van der Waals surface area contributed by atoms with E-state index in [1.807, 2.05) is 48.5 Å². The van der Waals surface area contributed by atoms with Crippen LogP contribution in [0.1, 0.15) is 42.4 Å². The van der Waals surface area contributed by atoms with E-state index in [2.05, 4.69) is 30.4 Å². The number of nitrogens with one attached hydrogen (secondary N) is 2. The molecule has 12 heteroatoms. The molecule has 3 heterocycles. The molecule has 0 spiro atoms. The topological polar surface area (TPSA) is 138 Å². The number of esters is 1. The molecule has 3 aromatic rings. The van der Waals surface area contributed by atoms with Crippen LogP contribution in [0.3, 0.4) is 0 Å². The van der Waals surface area contributed by atoms with Crippen LogP contribution in [0.2, 0.25) is 0 Å². The van der Waals surface area contributed by atoms with E-state index in [1.165, 1.54) is 0 Å². The lowest BCUT2D eigenvalue weighted by Gasteiger charge is -2.40. The van der Waals surface area contributed by atoms with E-state index in [-0.39, 0.29) is 32.0 Å². The molecule has 1 aromatic heterocycles. The van der Waals surface area contributed by atoms with E-state index >= 15 is 0 Å². The molecule has 0 saturated carbocycles. The molecule has 3 unspecified atom stereocenters. The molecular weight excluding hydrogens is 552 g/mol. The maximum atomic E-state index is 12.4. The molecule has 0 aliphatic carbocycles. The summed E-state index contributed by atoms with van der Waals surface area (Å²) in [4.78, 5) is 37.3. The van der Waals surface area contributed by atoms with Crippen molar-refractivity contribution in [3.63, 3.8) is 0 Å². The number of rotatable bonds is 10. The lowest BCUT2D eigenvalue weighted by atomic mass is 9.99. The van der Waals surface area contributed by atoms with Gasteiger partial charge in [-0.25, -0.2) is 14.8 Å². The van der Waals surface area contributed by atoms with E-state index in [4.69, 9.17) is 14.2 Å². The summed E-state index contributed by atoms with van der Waals surface area (Å²) in [5.41, 5.74) is 3.14. The highest BCUT2D eigenvalue weighted by Crippen LogP contribution is 2.38. The SMILES string of the molecule is CCOC(=O)CNC(=O)Nc1cccc(C2OC(CN3CCN(c4ncccn4)CC3)CC(c3ccc(CO)cc3)O2)c1. The molecule has 2 aromatic carbocycles. The van der Waals surface area contributed by atoms with Gasteiger partial charge in [0, 0.05) is 62.8 Å². The molecular formula is C31H38N6O6. The van der Waals surface area contributed by atoms with E-state index in [9.17, 15) is 14.7 Å². The van der Waals surface area contributed by atoms with Gasteiger partial charge in [0.2, 0.25) is 5.95 Å². The monoisotopic (exact) mass is 590 g/mol. The number of carbonyl (C=O) groups excluding carboxylic acids is 2. The molecule has 2 fully saturated rings. The van der Waals surface area contributed by atoms with Gasteiger partial charge in [-0.15, -0.1) is 0 Å². The van der Waals surface area contributed by atoms with Crippen molar-refractivity contribution >= 4 is 23.6 Å². The fourth-order valence-electron chi connectivity index (χ4n) is 5.21. The first-order chi connectivity index (χ1) is 21.0. The standard InChI is InChI=1S/C31H38N6O6/c1-2-41-28(39)19-34-31(40)35-25-6-3-5-24(17-25)29-42-26(18-27(43-29)23-9-7-22(21-38)8-10-23)20-36-13-15-37(16-14-36)30-32-11-4-12-33-30/h3-12,17,26-27,29,38H,2,13-16,18-21H2,1H3,(H2,34,35,40). The summed E-state index contributed by atoms with van der Waals surface area (Å²) in [6.45, 7) is 5.83. The van der Waals surface area contributed by atoms with Crippen LogP contribution in [0.4, 0.5) is 16.4 Å². The molecule has 2 aliphatic rings. The van der Waals surface area contributed by atoms with Gasteiger partial charge in [-0.1, -0.05) is 36.4 Å². The summed E-state index contributed by atoms with van der Waals surface area (Å²) in [7, 11) is 0. The predicted octanol–water partition coefficient (Wildman–Crippen LogP) is 3.02. The summed E-state index contributed by atoms with van der Waals surface area (Å²) in [6, 6.07) is 16.4. The minimum Gasteiger partial charge on any atom is -0.465 e. The van der Waals surface area contributed by atoms with Crippen LogP contribution in [0.25, 0.3) is 0 Å². The Bertz CT molecular complexity index is 1340. The Morgan fingerprint density at radius 3 is 2.49 bits per heavy atom. The van der Waals surface area contributed by atoms with Crippen molar-refractivity contribution in [3.8, 4) is 0 Å². The van der Waals surface area contributed by atoms with Crippen molar-refractivity contribution in [1.82, 2.24) is 20.2 Å². The highest BCUT2D eigenvalue weighted by atomic mass is 16.7. The summed E-state index contributed by atoms with van der Waals surface area (Å²) in [6.07, 6.45) is 3.21. The van der Waals surface area contributed by atoms with Crippen LogP contribution in [-0.4, -0.2) is 84.0 Å². The molecule has 2 aliphatic heterocycles. The van der Waals surface area contributed by atoms with Crippen molar-refractivity contribution in [2.24, 2.45) is 0 Å². The Kier molecular flexibility index (Phi) is 10.5. The second-order valence-electron chi connectivity index (χ2n) is 10.4. The van der Waals surface area contributed by atoms with Crippen molar-refractivity contribution in [2.45, 2.75) is 38.4 Å². The third-order valence-electron chi connectivity index (χ3n) is 7.40. The lowest BCUT2D eigenvalue weighted by molar-refractivity contribution is -0.253. The number of aromatic nitrogens is 2. The number of aliphatic hydroxyl groups is 1. The van der Waals surface area contributed by atoms with Gasteiger partial charge in [0.15, 0.2) is 6.29 Å². The van der Waals surface area contributed by atoms with Gasteiger partial charge in [-0.05, 0) is 36.2 Å². The summed E-state index contributed by atoms with van der Waals surface area (Å²) in [5.74, 6) is 0.244. The van der Waals surface area contributed by atoms with Gasteiger partial charge in [-0.3, -0.25) is 9.69 Å². The maximum absolute atomic E-state index is 12.4. The Balaban J connectivity index is 1.26. The van der Waals surface area contributed by atoms with Crippen molar-refractivity contribution < 1.29 is 28.9 Å². The molecule has 12 nitrogen and oxygen atoms in total. The fraction of sp³-hybridized carbons (Fsp3) is 0.419. The first-order valence-corrected chi connectivity index (χ1v) is 14.6. The van der Waals surface area contributed by atoms with Gasteiger partial charge < -0.3 is 34.9 Å². The van der Waals surface area contributed by atoms with Crippen molar-refractivity contribution in [1.29, 1.82) is 0 Å². The Morgan fingerprint density at radius 1 is 1.00 bits per heavy atom. The second kappa shape index (κ2) is 14.9. The zero-order chi connectivity index (χ0) is 30.0. The number of anilines is 2. The lowest BCUT2D eigenvalue weighted by Crippen LogP contribution is -2.50. The van der Waals surface area contributed by atoms with Crippen molar-refractivity contribution in [3.05, 3.63) is 83.7 Å². The van der Waals surface area contributed by atoms with Gasteiger partial charge in [0.05, 0.1) is 25.4 Å². The largest absolute Gasteiger partial charge is 0.465 e. The van der Waals surface area contributed by atoms with Crippen molar-refractivity contribution in [2.75, 3.05) is 56.1 Å². The summed E-state index contributed by atoms with van der Waals surface area (Å²) in [5, 5.41) is 14.7. The predicted molar refractivity (Wildman–Crippen MR) is 159 cm³/mol. The molecule has 3 atom stereocenters. The van der Waals surface area contributed by atoms with Crippen LogP contribution >= 0.6 is 0 Å². The van der Waals surface area contributed by atoms with Gasteiger partial charge in [0.25, 0.3) is 0 Å². The summed E-state index contributed by atoms with van der Waals surface area (Å²) >= 11 is 0. The first-order valence-electron chi connectivity index (χ1n) is 14.6. The van der Waals surface area contributed by atoms with E-state index < -0.39 is 18.3 Å². The van der Waals surface area contributed by atoms with Gasteiger partial charge in [0.1, 0.15) is 6.54 Å². The zero-order valence-electron chi connectivity index (χ0n) is 24.2. The average molecular weight is 591 g/mol. The highest BCUT2D eigenvalue weighted by molar-refractivity contribution is 5.91. The smallest absolute Gasteiger partial charge is 0.325 e. The first kappa shape index (κ1) is 30.4. The van der Waals surface area contributed by atoms with Crippen LogP contribution in [0.15, 0.2) is 67.0 Å². The number of hydrogen-bond donors (Lipinski definition) is 3. The molecule has 0 radical (unpaired) electrons. The van der Waals surface area contributed by atoms with Gasteiger partial charge in [-0.2, -0.15) is 0 Å². The molecule has 0 bridgehead atoms. The quantitative estimate of drug-likeness (QED) is 0.302. The maximum Gasteiger partial charge on any atom is 0.325 e. The number of amides is 2. The van der Waals surface area contributed by atoms with Crippen LogP contribution in [0, 0.1) is 0 Å². The third-order valence-corrected chi connectivity index (χ3v) is 7.40. The Morgan fingerprint density at radius 2 is 1.77 bits per heavy atom. The van der Waals surface area contributed by atoms with E-state index in [0.717, 1.165) is 55.4 Å². The summed E-state index contributed by atoms with van der Waals surface area (Å²) < 4.78 is 17.8. The highest BCUT2D eigenvalue weighted by Gasteiger charge is 2.34. The second-order valence-corrected chi connectivity index (χ2v) is 10.4. The number of piperazine rings is 1. The third kappa shape index (κ3) is 8.48. The number of urea groups is 1. The minimum atomic E-state index is -0.662.